The summed E-state index contributed by atoms with van der Waals surface area (Å²) in [5.41, 5.74) is 2.44. The Morgan fingerprint density at radius 2 is 2.06 bits per heavy atom. The Bertz CT molecular complexity index is 503. The van der Waals surface area contributed by atoms with Crippen molar-refractivity contribution in [1.29, 1.82) is 0 Å². The summed E-state index contributed by atoms with van der Waals surface area (Å²) in [5, 5.41) is 13.0. The first-order chi connectivity index (χ1) is 7.66. The average molecular weight is 216 g/mol. The third kappa shape index (κ3) is 2.11. The molecule has 16 heavy (non-hydrogen) atoms. The van der Waals surface area contributed by atoms with Gasteiger partial charge in [-0.2, -0.15) is 5.10 Å². The van der Waals surface area contributed by atoms with Gasteiger partial charge < -0.3 is 5.11 Å². The quantitative estimate of drug-likeness (QED) is 0.851. The van der Waals surface area contributed by atoms with E-state index in [1.807, 2.05) is 37.3 Å². The zero-order valence-electron chi connectivity index (χ0n) is 8.92. The first kappa shape index (κ1) is 10.4. The smallest absolute Gasteiger partial charge is 0.307 e. The maximum absolute atomic E-state index is 10.6. The molecule has 0 spiro atoms. The number of benzene rings is 1. The molecule has 0 atom stereocenters. The number of aromatic nitrogens is 2. The maximum atomic E-state index is 10.6. The van der Waals surface area contributed by atoms with Crippen molar-refractivity contribution in [2.45, 2.75) is 13.3 Å². The molecule has 0 aliphatic rings. The molecular formula is C12H12N2O2. The number of hydrogen-bond donors (Lipinski definition) is 1. The molecule has 2 aromatic rings. The zero-order chi connectivity index (χ0) is 11.5. The summed E-state index contributed by atoms with van der Waals surface area (Å²) in [6.07, 6.45) is 1.78. The third-order valence-corrected chi connectivity index (χ3v) is 2.36. The highest BCUT2D eigenvalue weighted by Crippen LogP contribution is 2.12. The van der Waals surface area contributed by atoms with E-state index >= 15 is 0 Å². The number of nitrogens with zero attached hydrogens (tertiary/aromatic N) is 2. The fraction of sp³-hybridized carbons (Fsp3) is 0.167. The molecule has 1 aromatic carbocycles. The van der Waals surface area contributed by atoms with Gasteiger partial charge in [0, 0.05) is 11.8 Å². The Kier molecular flexibility index (Phi) is 2.72. The topological polar surface area (TPSA) is 55.1 Å². The summed E-state index contributed by atoms with van der Waals surface area (Å²) >= 11 is 0. The molecule has 4 heteroatoms. The second-order valence-electron chi connectivity index (χ2n) is 3.59. The van der Waals surface area contributed by atoms with Gasteiger partial charge in [-0.3, -0.25) is 4.79 Å². The van der Waals surface area contributed by atoms with Crippen LogP contribution in [0.3, 0.4) is 0 Å². The van der Waals surface area contributed by atoms with Gasteiger partial charge in [0.1, 0.15) is 0 Å². The molecule has 0 aliphatic carbocycles. The van der Waals surface area contributed by atoms with Crippen molar-refractivity contribution >= 4 is 5.97 Å². The SMILES string of the molecule is Cc1nn(-c2ccccc2)cc1CC(=O)O. The predicted octanol–water partition coefficient (Wildman–Crippen LogP) is 1.81. The number of aliphatic carboxylic acids is 1. The molecule has 1 aromatic heterocycles. The summed E-state index contributed by atoms with van der Waals surface area (Å²) in [6, 6.07) is 9.62. The van der Waals surface area contributed by atoms with Crippen molar-refractivity contribution in [1.82, 2.24) is 9.78 Å². The van der Waals surface area contributed by atoms with Gasteiger partial charge in [-0.05, 0) is 19.1 Å². The van der Waals surface area contributed by atoms with Gasteiger partial charge in [-0.25, -0.2) is 4.68 Å². The van der Waals surface area contributed by atoms with Crippen LogP contribution in [0.15, 0.2) is 36.5 Å². The molecule has 0 saturated carbocycles. The Hall–Kier alpha value is -2.10. The van der Waals surface area contributed by atoms with Gasteiger partial charge >= 0.3 is 5.97 Å². The number of carbonyl (C=O) groups is 1. The number of para-hydroxylation sites is 1. The van der Waals surface area contributed by atoms with Gasteiger partial charge in [-0.1, -0.05) is 18.2 Å². The van der Waals surface area contributed by atoms with E-state index in [4.69, 9.17) is 5.11 Å². The van der Waals surface area contributed by atoms with Gasteiger partial charge in [0.05, 0.1) is 17.8 Å². The van der Waals surface area contributed by atoms with Crippen molar-refractivity contribution in [2.75, 3.05) is 0 Å². The molecule has 0 bridgehead atoms. The van der Waals surface area contributed by atoms with Crippen molar-refractivity contribution in [3.8, 4) is 5.69 Å². The number of hydrogen-bond acceptors (Lipinski definition) is 2. The van der Waals surface area contributed by atoms with Crippen molar-refractivity contribution in [2.24, 2.45) is 0 Å². The Balaban J connectivity index is 2.34. The van der Waals surface area contributed by atoms with Crippen molar-refractivity contribution in [3.63, 3.8) is 0 Å². The minimum absolute atomic E-state index is 0.0126. The van der Waals surface area contributed by atoms with Crippen molar-refractivity contribution in [3.05, 3.63) is 47.8 Å². The van der Waals surface area contributed by atoms with Crippen LogP contribution in [0.4, 0.5) is 0 Å². The Labute approximate surface area is 93.1 Å². The molecule has 0 saturated heterocycles. The molecule has 0 amide bonds. The largest absolute Gasteiger partial charge is 0.481 e. The van der Waals surface area contributed by atoms with E-state index < -0.39 is 5.97 Å². The van der Waals surface area contributed by atoms with Crippen LogP contribution in [0.25, 0.3) is 5.69 Å². The van der Waals surface area contributed by atoms with E-state index in [0.717, 1.165) is 16.9 Å². The van der Waals surface area contributed by atoms with Crippen molar-refractivity contribution < 1.29 is 9.90 Å². The number of carboxylic acid groups (broad SMARTS) is 1. The van der Waals surface area contributed by atoms with Crippen LogP contribution in [0, 0.1) is 6.92 Å². The minimum atomic E-state index is -0.837. The molecule has 0 radical (unpaired) electrons. The lowest BCUT2D eigenvalue weighted by Crippen LogP contribution is -2.00. The highest BCUT2D eigenvalue weighted by atomic mass is 16.4. The lowest BCUT2D eigenvalue weighted by Gasteiger charge is -1.98. The fourth-order valence-corrected chi connectivity index (χ4v) is 1.55. The molecule has 2 rings (SSSR count). The zero-order valence-corrected chi connectivity index (χ0v) is 8.92. The number of rotatable bonds is 3. The Morgan fingerprint density at radius 3 is 2.69 bits per heavy atom. The van der Waals surface area contributed by atoms with E-state index in [1.165, 1.54) is 0 Å². The molecule has 1 N–H and O–H groups in total. The third-order valence-electron chi connectivity index (χ3n) is 2.36. The monoisotopic (exact) mass is 216 g/mol. The number of carboxylic acids is 1. The fourth-order valence-electron chi connectivity index (χ4n) is 1.55. The molecule has 1 heterocycles. The van der Waals surface area contributed by atoms with E-state index in [0.29, 0.717) is 0 Å². The summed E-state index contributed by atoms with van der Waals surface area (Å²) in [7, 11) is 0. The standard InChI is InChI=1S/C12H12N2O2/c1-9-10(7-12(15)16)8-14(13-9)11-5-3-2-4-6-11/h2-6,8H,7H2,1H3,(H,15,16). The van der Waals surface area contributed by atoms with Crippen LogP contribution in [-0.2, 0) is 11.2 Å². The maximum Gasteiger partial charge on any atom is 0.307 e. The van der Waals surface area contributed by atoms with E-state index in [-0.39, 0.29) is 6.42 Å². The first-order valence-corrected chi connectivity index (χ1v) is 4.99. The predicted molar refractivity (Wildman–Crippen MR) is 59.6 cm³/mol. The van der Waals surface area contributed by atoms with Crippen LogP contribution >= 0.6 is 0 Å². The molecule has 0 fully saturated rings. The molecule has 0 aliphatic heterocycles. The van der Waals surface area contributed by atoms with Gasteiger partial charge in [0.15, 0.2) is 0 Å². The molecule has 82 valence electrons. The lowest BCUT2D eigenvalue weighted by atomic mass is 10.2. The summed E-state index contributed by atoms with van der Waals surface area (Å²) < 4.78 is 1.70. The van der Waals surface area contributed by atoms with Gasteiger partial charge in [0.2, 0.25) is 0 Å². The molecule has 0 unspecified atom stereocenters. The normalized spacial score (nSPS) is 10.3. The lowest BCUT2D eigenvalue weighted by molar-refractivity contribution is -0.136. The average Bonchev–Trinajstić information content (AvgIpc) is 2.61. The highest BCUT2D eigenvalue weighted by molar-refractivity contribution is 5.70. The van der Waals surface area contributed by atoms with E-state index in [9.17, 15) is 4.79 Å². The summed E-state index contributed by atoms with van der Waals surface area (Å²) in [4.78, 5) is 10.6. The highest BCUT2D eigenvalue weighted by Gasteiger charge is 2.09. The molecular weight excluding hydrogens is 204 g/mol. The second-order valence-corrected chi connectivity index (χ2v) is 3.59. The summed E-state index contributed by atoms with van der Waals surface area (Å²) in [6.45, 7) is 1.82. The first-order valence-electron chi connectivity index (χ1n) is 4.99. The van der Waals surface area contributed by atoms with Crippen LogP contribution < -0.4 is 0 Å². The molecule has 4 nitrogen and oxygen atoms in total. The van der Waals surface area contributed by atoms with Crippen LogP contribution in [0.1, 0.15) is 11.3 Å². The van der Waals surface area contributed by atoms with E-state index in [2.05, 4.69) is 5.10 Å². The van der Waals surface area contributed by atoms with Crippen LogP contribution in [-0.4, -0.2) is 20.9 Å². The number of aryl methyl sites for hydroxylation is 1. The van der Waals surface area contributed by atoms with Crippen LogP contribution in [0.2, 0.25) is 0 Å². The van der Waals surface area contributed by atoms with Gasteiger partial charge in [-0.15, -0.1) is 0 Å². The van der Waals surface area contributed by atoms with E-state index in [1.54, 1.807) is 10.9 Å². The Morgan fingerprint density at radius 1 is 1.38 bits per heavy atom. The second kappa shape index (κ2) is 4.18. The van der Waals surface area contributed by atoms with Gasteiger partial charge in [0.25, 0.3) is 0 Å². The minimum Gasteiger partial charge on any atom is -0.481 e. The summed E-state index contributed by atoms with van der Waals surface area (Å²) in [5.74, 6) is -0.837. The van der Waals surface area contributed by atoms with Crippen LogP contribution in [0.5, 0.6) is 0 Å².